The Balaban J connectivity index is 1.88. The van der Waals surface area contributed by atoms with E-state index in [-0.39, 0.29) is 17.7 Å². The molecule has 2 rings (SSSR count). The van der Waals surface area contributed by atoms with Crippen LogP contribution in [0.5, 0.6) is 0 Å². The van der Waals surface area contributed by atoms with Gasteiger partial charge < -0.3 is 16.4 Å². The zero-order chi connectivity index (χ0) is 13.7. The first-order valence-corrected chi connectivity index (χ1v) is 6.52. The lowest BCUT2D eigenvalue weighted by Gasteiger charge is -2.21. The van der Waals surface area contributed by atoms with Crippen LogP contribution >= 0.6 is 0 Å². The number of benzene rings is 1. The summed E-state index contributed by atoms with van der Waals surface area (Å²) in [6, 6.07) is 7.79. The van der Waals surface area contributed by atoms with E-state index in [4.69, 9.17) is 5.73 Å². The Morgan fingerprint density at radius 3 is 2.74 bits per heavy atom. The fraction of sp³-hybridized carbons (Fsp3) is 0.429. The van der Waals surface area contributed by atoms with E-state index in [1.807, 2.05) is 24.3 Å². The zero-order valence-corrected chi connectivity index (χ0v) is 10.8. The molecule has 4 N–H and O–H groups in total. The zero-order valence-electron chi connectivity index (χ0n) is 10.8. The van der Waals surface area contributed by atoms with Crippen LogP contribution in [0.3, 0.4) is 0 Å². The van der Waals surface area contributed by atoms with Gasteiger partial charge in [-0.2, -0.15) is 0 Å². The molecular formula is C14H19N3O2. The molecule has 1 aromatic rings. The van der Waals surface area contributed by atoms with Crippen molar-refractivity contribution in [3.63, 3.8) is 0 Å². The number of hydrogen-bond acceptors (Lipinski definition) is 3. The third-order valence-corrected chi connectivity index (χ3v) is 3.43. The molecule has 5 nitrogen and oxygen atoms in total. The highest BCUT2D eigenvalue weighted by molar-refractivity contribution is 5.83. The average molecular weight is 261 g/mol. The lowest BCUT2D eigenvalue weighted by atomic mass is 9.98. The van der Waals surface area contributed by atoms with Crippen molar-refractivity contribution in [3.8, 4) is 0 Å². The third kappa shape index (κ3) is 3.54. The maximum atomic E-state index is 12.0. The molecule has 0 saturated carbocycles. The normalized spacial score (nSPS) is 18.8. The van der Waals surface area contributed by atoms with Gasteiger partial charge in [0, 0.05) is 26.1 Å². The Bertz CT molecular complexity index is 464. The number of nitrogens with two attached hydrogens (primary N) is 1. The molecule has 1 aliphatic rings. The predicted octanol–water partition coefficient (Wildman–Crippen LogP) is 0.288. The number of carbonyl (C=O) groups is 2. The summed E-state index contributed by atoms with van der Waals surface area (Å²) >= 11 is 0. The van der Waals surface area contributed by atoms with Crippen molar-refractivity contribution in [2.45, 2.75) is 25.9 Å². The first-order chi connectivity index (χ1) is 9.20. The van der Waals surface area contributed by atoms with E-state index in [9.17, 15) is 9.59 Å². The van der Waals surface area contributed by atoms with Crippen LogP contribution < -0.4 is 16.4 Å². The van der Waals surface area contributed by atoms with Gasteiger partial charge in [-0.1, -0.05) is 24.3 Å². The first kappa shape index (κ1) is 13.5. The molecule has 1 unspecified atom stereocenters. The molecule has 1 heterocycles. The summed E-state index contributed by atoms with van der Waals surface area (Å²) in [6.07, 6.45) is 1.05. The Labute approximate surface area is 112 Å². The van der Waals surface area contributed by atoms with Crippen molar-refractivity contribution in [1.82, 2.24) is 10.6 Å². The highest BCUT2D eigenvalue weighted by atomic mass is 16.2. The maximum absolute atomic E-state index is 12.0. The van der Waals surface area contributed by atoms with E-state index >= 15 is 0 Å². The largest absolute Gasteiger partial charge is 0.355 e. The van der Waals surface area contributed by atoms with Gasteiger partial charge in [-0.05, 0) is 17.5 Å². The lowest BCUT2D eigenvalue weighted by Crippen LogP contribution is -2.42. The number of nitrogens with one attached hydrogen (secondary N) is 2. The van der Waals surface area contributed by atoms with Crippen molar-refractivity contribution >= 4 is 11.8 Å². The van der Waals surface area contributed by atoms with E-state index in [0.29, 0.717) is 32.5 Å². The second-order valence-corrected chi connectivity index (χ2v) is 4.73. The number of carbonyl (C=O) groups excluding carboxylic acids is 2. The summed E-state index contributed by atoms with van der Waals surface area (Å²) in [6.45, 7) is 1.38. The quantitative estimate of drug-likeness (QED) is 0.728. The van der Waals surface area contributed by atoms with E-state index in [1.54, 1.807) is 0 Å². The molecular weight excluding hydrogens is 242 g/mol. The Kier molecular flexibility index (Phi) is 4.52. The van der Waals surface area contributed by atoms with Gasteiger partial charge >= 0.3 is 0 Å². The van der Waals surface area contributed by atoms with Crippen LogP contribution in [0, 0.1) is 5.92 Å². The summed E-state index contributed by atoms with van der Waals surface area (Å²) in [7, 11) is 0. The number of hydrogen-bond donors (Lipinski definition) is 3. The number of rotatable bonds is 4. The lowest BCUT2D eigenvalue weighted by molar-refractivity contribution is -0.129. The molecule has 0 aliphatic carbocycles. The van der Waals surface area contributed by atoms with Gasteiger partial charge in [0.05, 0.1) is 5.92 Å². The maximum Gasteiger partial charge on any atom is 0.225 e. The van der Waals surface area contributed by atoms with Crippen LogP contribution in [0.4, 0.5) is 0 Å². The molecule has 19 heavy (non-hydrogen) atoms. The minimum Gasteiger partial charge on any atom is -0.355 e. The van der Waals surface area contributed by atoms with Gasteiger partial charge in [-0.3, -0.25) is 9.59 Å². The number of piperidine rings is 1. The minimum absolute atomic E-state index is 0.00757. The molecule has 2 amide bonds. The topological polar surface area (TPSA) is 84.2 Å². The van der Waals surface area contributed by atoms with Crippen LogP contribution in [-0.2, 0) is 22.7 Å². The second kappa shape index (κ2) is 6.33. The van der Waals surface area contributed by atoms with Crippen molar-refractivity contribution < 1.29 is 9.59 Å². The summed E-state index contributed by atoms with van der Waals surface area (Å²) in [5, 5.41) is 5.63. The molecule has 0 bridgehead atoms. The molecule has 0 spiro atoms. The predicted molar refractivity (Wildman–Crippen MR) is 71.9 cm³/mol. The van der Waals surface area contributed by atoms with Crippen molar-refractivity contribution in [2.24, 2.45) is 11.7 Å². The van der Waals surface area contributed by atoms with Gasteiger partial charge in [-0.15, -0.1) is 0 Å². The molecule has 1 fully saturated rings. The van der Waals surface area contributed by atoms with Crippen LogP contribution in [0.25, 0.3) is 0 Å². The van der Waals surface area contributed by atoms with E-state index in [1.165, 1.54) is 0 Å². The molecule has 1 aliphatic heterocycles. The minimum atomic E-state index is -0.122. The van der Waals surface area contributed by atoms with E-state index in [0.717, 1.165) is 11.1 Å². The Morgan fingerprint density at radius 1 is 1.37 bits per heavy atom. The molecule has 5 heteroatoms. The van der Waals surface area contributed by atoms with Gasteiger partial charge in [0.15, 0.2) is 0 Å². The SMILES string of the molecule is NCc1ccccc1CNC(=O)C1CCC(=O)NC1. The van der Waals surface area contributed by atoms with Crippen LogP contribution in [-0.4, -0.2) is 18.4 Å². The highest BCUT2D eigenvalue weighted by Gasteiger charge is 2.24. The van der Waals surface area contributed by atoms with Crippen LogP contribution in [0.1, 0.15) is 24.0 Å². The second-order valence-electron chi connectivity index (χ2n) is 4.73. The third-order valence-electron chi connectivity index (χ3n) is 3.43. The standard InChI is InChI=1S/C14H19N3O2/c15-7-10-3-1-2-4-11(10)8-17-14(19)12-5-6-13(18)16-9-12/h1-4,12H,5-9,15H2,(H,16,18)(H,17,19). The molecule has 1 atom stereocenters. The van der Waals surface area contributed by atoms with Crippen LogP contribution in [0.2, 0.25) is 0 Å². The Morgan fingerprint density at radius 2 is 2.11 bits per heavy atom. The average Bonchev–Trinajstić information content (AvgIpc) is 2.45. The van der Waals surface area contributed by atoms with Crippen molar-refractivity contribution in [2.75, 3.05) is 6.54 Å². The van der Waals surface area contributed by atoms with Crippen LogP contribution in [0.15, 0.2) is 24.3 Å². The molecule has 1 aromatic carbocycles. The van der Waals surface area contributed by atoms with Crippen molar-refractivity contribution in [1.29, 1.82) is 0 Å². The fourth-order valence-electron chi connectivity index (χ4n) is 2.21. The van der Waals surface area contributed by atoms with Crippen molar-refractivity contribution in [3.05, 3.63) is 35.4 Å². The summed E-state index contributed by atoms with van der Waals surface area (Å²) in [5.41, 5.74) is 7.74. The first-order valence-electron chi connectivity index (χ1n) is 6.52. The summed E-state index contributed by atoms with van der Waals surface area (Å²) in [5.74, 6) is -0.105. The van der Waals surface area contributed by atoms with Gasteiger partial charge in [-0.25, -0.2) is 0 Å². The molecule has 102 valence electrons. The smallest absolute Gasteiger partial charge is 0.225 e. The van der Waals surface area contributed by atoms with E-state index in [2.05, 4.69) is 10.6 Å². The van der Waals surface area contributed by atoms with E-state index < -0.39 is 0 Å². The fourth-order valence-corrected chi connectivity index (χ4v) is 2.21. The van der Waals surface area contributed by atoms with Gasteiger partial charge in [0.25, 0.3) is 0 Å². The molecule has 0 aromatic heterocycles. The molecule has 0 radical (unpaired) electrons. The number of amides is 2. The summed E-state index contributed by atoms with van der Waals surface area (Å²) in [4.78, 5) is 23.0. The van der Waals surface area contributed by atoms with Gasteiger partial charge in [0.1, 0.15) is 0 Å². The highest BCUT2D eigenvalue weighted by Crippen LogP contribution is 2.12. The molecule has 1 saturated heterocycles. The van der Waals surface area contributed by atoms with Gasteiger partial charge in [0.2, 0.25) is 11.8 Å². The Hall–Kier alpha value is -1.88. The summed E-state index contributed by atoms with van der Waals surface area (Å²) < 4.78 is 0. The monoisotopic (exact) mass is 261 g/mol.